The minimum absolute atomic E-state index is 0.0403. The van der Waals surface area contributed by atoms with E-state index in [1.165, 1.54) is 0 Å². The molecular weight excluding hydrogens is 438 g/mol. The molecule has 0 amide bonds. The third-order valence-electron chi connectivity index (χ3n) is 8.18. The van der Waals surface area contributed by atoms with E-state index in [1.807, 2.05) is 31.3 Å². The molecule has 4 nitrogen and oxygen atoms in total. The molecule has 3 aromatic rings. The summed E-state index contributed by atoms with van der Waals surface area (Å²) < 4.78 is 8.87. The lowest BCUT2D eigenvalue weighted by Gasteiger charge is -2.43. The molecule has 0 fully saturated rings. The number of fused-ring (bicyclic) bond motifs is 3. The number of rotatable bonds is 3. The van der Waals surface area contributed by atoms with Crippen molar-refractivity contribution in [3.8, 4) is 0 Å². The van der Waals surface area contributed by atoms with E-state index in [4.69, 9.17) is 4.43 Å². The Balaban J connectivity index is 1.69. The molecular formula is C29H33NO3Si. The first kappa shape index (κ1) is 22.8. The zero-order valence-electron chi connectivity index (χ0n) is 20.9. The van der Waals surface area contributed by atoms with Crippen LogP contribution < -0.4 is 0 Å². The zero-order valence-corrected chi connectivity index (χ0v) is 21.9. The fourth-order valence-corrected chi connectivity index (χ4v) is 6.45. The highest BCUT2D eigenvalue weighted by atomic mass is 28.4. The molecule has 176 valence electrons. The fraction of sp³-hybridized carbons (Fsp3) is 0.379. The maximum atomic E-state index is 13.9. The van der Waals surface area contributed by atoms with Crippen LogP contribution in [-0.4, -0.2) is 24.5 Å². The third kappa shape index (κ3) is 3.49. The van der Waals surface area contributed by atoms with E-state index in [0.29, 0.717) is 17.5 Å². The van der Waals surface area contributed by atoms with Crippen LogP contribution in [0.1, 0.15) is 59.4 Å². The van der Waals surface area contributed by atoms with Crippen molar-refractivity contribution in [2.75, 3.05) is 0 Å². The number of benzene rings is 2. The summed E-state index contributed by atoms with van der Waals surface area (Å²) in [6, 6.07) is 15.6. The number of aryl methyl sites for hydroxylation is 1. The number of ketones is 2. The smallest absolute Gasteiger partial charge is 0.250 e. The first-order valence-electron chi connectivity index (χ1n) is 12.1. The number of carbonyl (C=O) groups excluding carboxylic acids is 2. The molecule has 0 radical (unpaired) electrons. The van der Waals surface area contributed by atoms with Gasteiger partial charge in [0.05, 0.1) is 5.76 Å². The van der Waals surface area contributed by atoms with Gasteiger partial charge in [0.25, 0.3) is 0 Å². The van der Waals surface area contributed by atoms with Crippen molar-refractivity contribution in [1.82, 2.24) is 4.57 Å². The molecule has 3 atom stereocenters. The molecule has 2 aliphatic carbocycles. The van der Waals surface area contributed by atoms with Crippen LogP contribution in [0.2, 0.25) is 18.1 Å². The molecule has 5 heteroatoms. The number of allylic oxidation sites excluding steroid dienone is 2. The second kappa shape index (κ2) is 7.81. The van der Waals surface area contributed by atoms with Gasteiger partial charge in [0.15, 0.2) is 11.6 Å². The number of nitrogens with zero attached hydrogens (tertiary/aromatic N) is 1. The van der Waals surface area contributed by atoms with Gasteiger partial charge in [0, 0.05) is 59.4 Å². The van der Waals surface area contributed by atoms with Gasteiger partial charge in [-0.3, -0.25) is 9.59 Å². The second-order valence-electron chi connectivity index (χ2n) is 11.3. The molecule has 1 heterocycles. The number of para-hydroxylation sites is 1. The Hall–Kier alpha value is -2.92. The van der Waals surface area contributed by atoms with Crippen molar-refractivity contribution in [3.63, 3.8) is 0 Å². The van der Waals surface area contributed by atoms with E-state index >= 15 is 0 Å². The van der Waals surface area contributed by atoms with Gasteiger partial charge in [0.2, 0.25) is 8.32 Å². The lowest BCUT2D eigenvalue weighted by molar-refractivity contribution is 0.0690. The predicted octanol–water partition coefficient (Wildman–Crippen LogP) is 6.88. The first-order chi connectivity index (χ1) is 16.0. The van der Waals surface area contributed by atoms with Crippen LogP contribution in [0.25, 0.3) is 10.9 Å². The Labute approximate surface area is 202 Å². The summed E-state index contributed by atoms with van der Waals surface area (Å²) in [5.41, 5.74) is 3.32. The normalized spacial score (nSPS) is 22.9. The molecule has 2 aliphatic rings. The molecule has 0 unspecified atom stereocenters. The van der Waals surface area contributed by atoms with Gasteiger partial charge in [-0.2, -0.15) is 0 Å². The van der Waals surface area contributed by atoms with Crippen molar-refractivity contribution in [2.24, 2.45) is 18.9 Å². The molecule has 0 N–H and O–H groups in total. The van der Waals surface area contributed by atoms with Crippen molar-refractivity contribution in [3.05, 3.63) is 83.3 Å². The van der Waals surface area contributed by atoms with Crippen LogP contribution in [0.5, 0.6) is 0 Å². The Bertz CT molecular complexity index is 1340. The molecule has 0 bridgehead atoms. The van der Waals surface area contributed by atoms with E-state index in [0.717, 1.165) is 22.2 Å². The minimum Gasteiger partial charge on any atom is -0.547 e. The van der Waals surface area contributed by atoms with Gasteiger partial charge in [-0.25, -0.2) is 0 Å². The number of hydrogen-bond donors (Lipinski definition) is 0. The highest BCUT2D eigenvalue weighted by Gasteiger charge is 2.49. The molecule has 5 rings (SSSR count). The van der Waals surface area contributed by atoms with Crippen molar-refractivity contribution < 1.29 is 14.0 Å². The van der Waals surface area contributed by atoms with Gasteiger partial charge in [-0.1, -0.05) is 63.2 Å². The zero-order chi connectivity index (χ0) is 24.4. The van der Waals surface area contributed by atoms with Crippen LogP contribution in [0.4, 0.5) is 0 Å². The quantitative estimate of drug-likeness (QED) is 0.391. The van der Waals surface area contributed by atoms with Gasteiger partial charge in [0.1, 0.15) is 0 Å². The number of aromatic nitrogens is 1. The Morgan fingerprint density at radius 2 is 1.56 bits per heavy atom. The predicted molar refractivity (Wildman–Crippen MR) is 139 cm³/mol. The SMILES string of the molecule is Cn1cc([C@H]2C=C(O[Si](C)(C)C(C)(C)C)C[C@H]3C(=O)c4ccccc4C(=O)[C@@H]23)c2ccccc21. The molecule has 34 heavy (non-hydrogen) atoms. The van der Waals surface area contributed by atoms with Gasteiger partial charge >= 0.3 is 0 Å². The molecule has 2 aromatic carbocycles. The van der Waals surface area contributed by atoms with Crippen molar-refractivity contribution in [2.45, 2.75) is 51.2 Å². The maximum Gasteiger partial charge on any atom is 0.250 e. The summed E-state index contributed by atoms with van der Waals surface area (Å²) in [6.07, 6.45) is 4.76. The van der Waals surface area contributed by atoms with Crippen LogP contribution in [-0.2, 0) is 11.5 Å². The Morgan fingerprint density at radius 3 is 2.24 bits per heavy atom. The van der Waals surface area contributed by atoms with Gasteiger partial charge in [-0.05, 0) is 35.8 Å². The molecule has 0 saturated heterocycles. The average Bonchev–Trinajstić information content (AvgIpc) is 3.12. The summed E-state index contributed by atoms with van der Waals surface area (Å²) in [5, 5.41) is 1.16. The standard InChI is InChI=1S/C29H33NO3Si/c1-29(2,3)34(5,6)33-18-15-22(24-17-30(4)25-14-10-9-11-19(24)25)26-23(16-18)27(31)20-12-7-8-13-21(20)28(26)32/h7-15,17,22-23,26H,16H2,1-6H3/t22-,23-,26+/m1/s1. The van der Waals surface area contributed by atoms with Crippen LogP contribution in [0, 0.1) is 11.8 Å². The van der Waals surface area contributed by atoms with Crippen molar-refractivity contribution in [1.29, 1.82) is 0 Å². The van der Waals surface area contributed by atoms with Crippen LogP contribution in [0.3, 0.4) is 0 Å². The van der Waals surface area contributed by atoms with E-state index in [1.54, 1.807) is 12.1 Å². The van der Waals surface area contributed by atoms with Gasteiger partial charge < -0.3 is 8.99 Å². The van der Waals surface area contributed by atoms with Crippen LogP contribution in [0.15, 0.2) is 66.6 Å². The summed E-state index contributed by atoms with van der Waals surface area (Å²) in [6.45, 7) is 11.1. The van der Waals surface area contributed by atoms with Crippen molar-refractivity contribution >= 4 is 30.8 Å². The maximum absolute atomic E-state index is 13.9. The van der Waals surface area contributed by atoms with E-state index in [9.17, 15) is 9.59 Å². The summed E-state index contributed by atoms with van der Waals surface area (Å²) in [4.78, 5) is 27.6. The summed E-state index contributed by atoms with van der Waals surface area (Å²) in [5.74, 6) is -0.0348. The minimum atomic E-state index is -2.11. The molecule has 0 spiro atoms. The van der Waals surface area contributed by atoms with E-state index < -0.39 is 20.2 Å². The number of hydrogen-bond acceptors (Lipinski definition) is 3. The van der Waals surface area contributed by atoms with E-state index in [-0.39, 0.29) is 22.5 Å². The van der Waals surface area contributed by atoms with Crippen LogP contribution >= 0.6 is 0 Å². The topological polar surface area (TPSA) is 48.3 Å². The molecule has 0 aliphatic heterocycles. The summed E-state index contributed by atoms with van der Waals surface area (Å²) >= 11 is 0. The second-order valence-corrected chi connectivity index (χ2v) is 16.1. The third-order valence-corrected chi connectivity index (χ3v) is 12.6. The highest BCUT2D eigenvalue weighted by Crippen LogP contribution is 2.49. The molecule has 0 saturated carbocycles. The fourth-order valence-electron chi connectivity index (χ4n) is 5.34. The Kier molecular flexibility index (Phi) is 5.25. The lowest BCUT2D eigenvalue weighted by atomic mass is 9.63. The monoisotopic (exact) mass is 471 g/mol. The highest BCUT2D eigenvalue weighted by molar-refractivity contribution is 6.74. The van der Waals surface area contributed by atoms with Gasteiger partial charge in [-0.15, -0.1) is 0 Å². The van der Waals surface area contributed by atoms with E-state index in [2.05, 4.69) is 62.8 Å². The number of carbonyl (C=O) groups is 2. The Morgan fingerprint density at radius 1 is 0.941 bits per heavy atom. The lowest BCUT2D eigenvalue weighted by Crippen LogP contribution is -2.45. The largest absolute Gasteiger partial charge is 0.547 e. The number of Topliss-reactive ketones (excluding diaryl/α,β-unsaturated/α-hetero) is 2. The first-order valence-corrected chi connectivity index (χ1v) is 15.0. The summed E-state index contributed by atoms with van der Waals surface area (Å²) in [7, 11) is -0.0745. The molecule has 1 aromatic heterocycles. The average molecular weight is 472 g/mol.